The van der Waals surface area contributed by atoms with E-state index in [0.29, 0.717) is 17.3 Å². The van der Waals surface area contributed by atoms with Crippen molar-refractivity contribution in [2.45, 2.75) is 20.3 Å². The Kier molecular flexibility index (Phi) is 6.26. The van der Waals surface area contributed by atoms with Crippen molar-refractivity contribution >= 4 is 39.8 Å². The second-order valence-corrected chi connectivity index (χ2v) is 10.2. The average molecular weight is 520 g/mol. The van der Waals surface area contributed by atoms with Crippen LogP contribution in [0, 0.1) is 5.92 Å². The van der Waals surface area contributed by atoms with E-state index < -0.39 is 0 Å². The molecule has 7 heteroatoms. The van der Waals surface area contributed by atoms with Gasteiger partial charge in [-0.05, 0) is 47.5 Å². The summed E-state index contributed by atoms with van der Waals surface area (Å²) in [6.07, 6.45) is 6.10. The predicted octanol–water partition coefficient (Wildman–Crippen LogP) is 6.93. The smallest absolute Gasteiger partial charge is 0.226 e. The van der Waals surface area contributed by atoms with Crippen LogP contribution in [0.15, 0.2) is 84.2 Å². The van der Waals surface area contributed by atoms with Crippen LogP contribution in [-0.4, -0.2) is 33.1 Å². The van der Waals surface area contributed by atoms with Crippen LogP contribution in [0.3, 0.4) is 0 Å². The molecule has 0 unspecified atom stereocenters. The van der Waals surface area contributed by atoms with Crippen LogP contribution >= 0.6 is 11.6 Å². The summed E-state index contributed by atoms with van der Waals surface area (Å²) < 4.78 is 0. The molecule has 2 N–H and O–H groups in total. The zero-order chi connectivity index (χ0) is 26.2. The molecular formula is C31H26ClN5O. The van der Waals surface area contributed by atoms with Gasteiger partial charge in [0.2, 0.25) is 5.91 Å². The molecule has 0 saturated carbocycles. The Labute approximate surface area is 225 Å². The van der Waals surface area contributed by atoms with E-state index in [-0.39, 0.29) is 11.8 Å². The Morgan fingerprint density at radius 2 is 1.79 bits per heavy atom. The molecule has 188 valence electrons. The van der Waals surface area contributed by atoms with Crippen LogP contribution in [0.4, 0.5) is 5.69 Å². The van der Waals surface area contributed by atoms with Crippen LogP contribution < -0.4 is 5.32 Å². The monoisotopic (exact) mass is 519 g/mol. The molecule has 0 aliphatic carbocycles. The van der Waals surface area contributed by atoms with Gasteiger partial charge in [0.1, 0.15) is 0 Å². The first-order chi connectivity index (χ1) is 18.5. The fourth-order valence-electron chi connectivity index (χ4n) is 4.79. The van der Waals surface area contributed by atoms with E-state index in [1.165, 1.54) is 0 Å². The largest absolute Gasteiger partial charge is 0.353 e. The molecule has 3 aromatic heterocycles. The van der Waals surface area contributed by atoms with Gasteiger partial charge in [-0.3, -0.25) is 19.8 Å². The summed E-state index contributed by atoms with van der Waals surface area (Å²) in [5.41, 5.74) is 9.55. The van der Waals surface area contributed by atoms with Crippen molar-refractivity contribution in [3.8, 4) is 22.3 Å². The summed E-state index contributed by atoms with van der Waals surface area (Å²) in [7, 11) is 0. The van der Waals surface area contributed by atoms with Gasteiger partial charge < -0.3 is 10.3 Å². The second kappa shape index (κ2) is 9.88. The highest BCUT2D eigenvalue weighted by atomic mass is 35.5. The number of aromatic amines is 1. The molecule has 2 aromatic carbocycles. The summed E-state index contributed by atoms with van der Waals surface area (Å²) in [6.45, 7) is 4.41. The number of rotatable bonds is 5. The number of aromatic nitrogens is 3. The molecule has 0 radical (unpaired) electrons. The van der Waals surface area contributed by atoms with Crippen LogP contribution in [-0.2, 0) is 11.2 Å². The average Bonchev–Trinajstić information content (AvgIpc) is 3.37. The van der Waals surface area contributed by atoms with Crippen molar-refractivity contribution in [3.05, 3.63) is 101 Å². The fourth-order valence-corrected chi connectivity index (χ4v) is 4.98. The number of pyridine rings is 2. The third-order valence-corrected chi connectivity index (χ3v) is 7.00. The molecule has 1 aliphatic heterocycles. The number of anilines is 1. The Hall–Kier alpha value is -4.29. The topological polar surface area (TPSA) is 83.0 Å². The van der Waals surface area contributed by atoms with Gasteiger partial charge in [-0.1, -0.05) is 49.7 Å². The van der Waals surface area contributed by atoms with Crippen molar-refractivity contribution in [3.63, 3.8) is 0 Å². The highest BCUT2D eigenvalue weighted by Gasteiger charge is 2.21. The highest BCUT2D eigenvalue weighted by Crippen LogP contribution is 2.33. The number of H-pyrrole nitrogens is 1. The third-order valence-electron chi connectivity index (χ3n) is 6.76. The zero-order valence-corrected chi connectivity index (χ0v) is 21.9. The van der Waals surface area contributed by atoms with Crippen molar-refractivity contribution < 1.29 is 4.79 Å². The first-order valence-electron chi connectivity index (χ1n) is 12.6. The lowest BCUT2D eigenvalue weighted by atomic mass is 9.96. The first kappa shape index (κ1) is 24.1. The fraction of sp³-hybridized carbons (Fsp3) is 0.161. The van der Waals surface area contributed by atoms with E-state index in [0.717, 1.165) is 62.2 Å². The van der Waals surface area contributed by atoms with Crippen LogP contribution in [0.1, 0.15) is 30.8 Å². The Bertz CT molecular complexity index is 1720. The number of amides is 1. The minimum absolute atomic E-state index is 0.0436. The Morgan fingerprint density at radius 1 is 0.947 bits per heavy atom. The molecule has 0 atom stereocenters. The van der Waals surface area contributed by atoms with Crippen molar-refractivity contribution in [1.29, 1.82) is 0 Å². The number of hydrogen-bond donors (Lipinski definition) is 2. The normalized spacial score (nSPS) is 12.9. The van der Waals surface area contributed by atoms with Crippen molar-refractivity contribution in [1.82, 2.24) is 15.0 Å². The van der Waals surface area contributed by atoms with Crippen molar-refractivity contribution in [2.24, 2.45) is 10.9 Å². The molecule has 38 heavy (non-hydrogen) atoms. The van der Waals surface area contributed by atoms with Gasteiger partial charge in [-0.25, -0.2) is 0 Å². The summed E-state index contributed by atoms with van der Waals surface area (Å²) in [5.74, 6) is -0.156. The summed E-state index contributed by atoms with van der Waals surface area (Å²) >= 11 is 6.28. The summed E-state index contributed by atoms with van der Waals surface area (Å²) in [4.78, 5) is 29.8. The lowest BCUT2D eigenvalue weighted by Gasteiger charge is -2.17. The van der Waals surface area contributed by atoms with Gasteiger partial charge in [0.05, 0.1) is 29.0 Å². The summed E-state index contributed by atoms with van der Waals surface area (Å²) in [5, 5.41) is 4.75. The molecular weight excluding hydrogens is 494 g/mol. The molecule has 5 aromatic rings. The maximum absolute atomic E-state index is 12.2. The maximum Gasteiger partial charge on any atom is 0.226 e. The zero-order valence-electron chi connectivity index (χ0n) is 21.1. The number of nitrogens with zero attached hydrogens (tertiary/aromatic N) is 3. The SMILES string of the molecule is CC(C)C(=O)Nc1cncc(-c2cnc3c(c2)C(c2cc4c(-c5cccc(Cl)c5)cccc4[nH]2)=NCC3)c1. The van der Waals surface area contributed by atoms with Gasteiger partial charge >= 0.3 is 0 Å². The number of carbonyl (C=O) groups excluding carboxylic acids is 1. The first-order valence-corrected chi connectivity index (χ1v) is 13.0. The van der Waals surface area contributed by atoms with E-state index in [2.05, 4.69) is 45.6 Å². The number of fused-ring (bicyclic) bond motifs is 2. The molecule has 4 heterocycles. The van der Waals surface area contributed by atoms with E-state index in [1.54, 1.807) is 12.4 Å². The quantitative estimate of drug-likeness (QED) is 0.264. The molecule has 0 bridgehead atoms. The molecule has 6 rings (SSSR count). The summed E-state index contributed by atoms with van der Waals surface area (Å²) in [6, 6.07) is 20.4. The van der Waals surface area contributed by atoms with E-state index >= 15 is 0 Å². The maximum atomic E-state index is 12.2. The van der Waals surface area contributed by atoms with Crippen LogP contribution in [0.25, 0.3) is 33.2 Å². The molecule has 1 aliphatic rings. The highest BCUT2D eigenvalue weighted by molar-refractivity contribution is 6.31. The number of aliphatic imine (C=N–C) groups is 1. The molecule has 0 fully saturated rings. The van der Waals surface area contributed by atoms with Gasteiger partial charge in [0.25, 0.3) is 0 Å². The van der Waals surface area contributed by atoms with E-state index in [1.807, 2.05) is 50.4 Å². The van der Waals surface area contributed by atoms with Gasteiger partial charge in [-0.15, -0.1) is 0 Å². The van der Waals surface area contributed by atoms with Crippen LogP contribution in [0.5, 0.6) is 0 Å². The van der Waals surface area contributed by atoms with Gasteiger partial charge in [0.15, 0.2) is 0 Å². The second-order valence-electron chi connectivity index (χ2n) is 9.76. The Balaban J connectivity index is 1.39. The lowest BCUT2D eigenvalue weighted by Crippen LogP contribution is -2.18. The predicted molar refractivity (Wildman–Crippen MR) is 154 cm³/mol. The van der Waals surface area contributed by atoms with Crippen LogP contribution in [0.2, 0.25) is 5.02 Å². The van der Waals surface area contributed by atoms with Crippen molar-refractivity contribution in [2.75, 3.05) is 11.9 Å². The standard InChI is InChI=1S/C31H26ClN5O/c1-18(2)31(38)36-23-12-20(15-33-17-23)21-13-26-27(35-16-21)9-10-34-30(26)29-14-25-24(7-4-8-28(25)37-29)19-5-3-6-22(32)11-19/h3-8,11-18,37H,9-10H2,1-2H3,(H,36,38). The molecule has 0 saturated heterocycles. The Morgan fingerprint density at radius 3 is 2.63 bits per heavy atom. The molecule has 6 nitrogen and oxygen atoms in total. The number of nitrogens with one attached hydrogen (secondary N) is 2. The number of carbonyl (C=O) groups is 1. The number of hydrogen-bond acceptors (Lipinski definition) is 4. The van der Waals surface area contributed by atoms with Gasteiger partial charge in [0, 0.05) is 63.9 Å². The number of benzene rings is 2. The molecule has 1 amide bonds. The van der Waals surface area contributed by atoms with E-state index in [4.69, 9.17) is 21.6 Å². The lowest BCUT2D eigenvalue weighted by molar-refractivity contribution is -0.118. The van der Waals surface area contributed by atoms with Gasteiger partial charge in [-0.2, -0.15) is 0 Å². The molecule has 0 spiro atoms. The van der Waals surface area contributed by atoms with E-state index in [9.17, 15) is 4.79 Å². The third kappa shape index (κ3) is 4.59. The minimum Gasteiger partial charge on any atom is -0.353 e. The number of halogens is 1. The minimum atomic E-state index is -0.112.